The van der Waals surface area contributed by atoms with Crippen LogP contribution in [0, 0.1) is 0 Å². The van der Waals surface area contributed by atoms with E-state index < -0.39 is 11.4 Å². The van der Waals surface area contributed by atoms with E-state index in [9.17, 15) is 15.0 Å². The van der Waals surface area contributed by atoms with Crippen molar-refractivity contribution >= 4 is 5.91 Å². The summed E-state index contributed by atoms with van der Waals surface area (Å²) >= 11 is 0. The van der Waals surface area contributed by atoms with E-state index in [0.717, 1.165) is 0 Å². The molecule has 0 radical (unpaired) electrons. The van der Waals surface area contributed by atoms with Gasteiger partial charge in [-0.25, -0.2) is 0 Å². The third-order valence-corrected chi connectivity index (χ3v) is 2.56. The molecule has 0 atom stereocenters. The average Bonchev–Trinajstić information content (AvgIpc) is 2.37. The van der Waals surface area contributed by atoms with E-state index in [4.69, 9.17) is 0 Å². The number of carbonyl (C=O) groups excluding carboxylic acids is 1. The van der Waals surface area contributed by atoms with Gasteiger partial charge in [-0.15, -0.1) is 0 Å². The summed E-state index contributed by atoms with van der Waals surface area (Å²) in [5.41, 5.74) is -0.712. The van der Waals surface area contributed by atoms with Gasteiger partial charge in [0, 0.05) is 6.20 Å². The van der Waals surface area contributed by atoms with Gasteiger partial charge in [0.05, 0.1) is 18.8 Å². The molecule has 5 nitrogen and oxygen atoms in total. The second kappa shape index (κ2) is 5.58. The number of aliphatic hydroxyl groups is 2. The summed E-state index contributed by atoms with van der Waals surface area (Å²) in [4.78, 5) is 15.6. The first-order valence-electron chi connectivity index (χ1n) is 5.12. The minimum Gasteiger partial charge on any atom is -0.394 e. The van der Waals surface area contributed by atoms with E-state index in [0.29, 0.717) is 6.42 Å². The van der Waals surface area contributed by atoms with Gasteiger partial charge in [-0.2, -0.15) is 0 Å². The molecule has 3 N–H and O–H groups in total. The molecule has 16 heavy (non-hydrogen) atoms. The number of rotatable bonds is 5. The van der Waals surface area contributed by atoms with Crippen LogP contribution < -0.4 is 5.32 Å². The normalized spacial score (nSPS) is 11.2. The monoisotopic (exact) mass is 224 g/mol. The zero-order chi connectivity index (χ0) is 12.0. The fourth-order valence-corrected chi connectivity index (χ4v) is 1.24. The Hall–Kier alpha value is -1.46. The molecular formula is C11H16N2O3. The highest BCUT2D eigenvalue weighted by atomic mass is 16.3. The molecule has 0 spiro atoms. The fourth-order valence-electron chi connectivity index (χ4n) is 1.24. The summed E-state index contributed by atoms with van der Waals surface area (Å²) in [5.74, 6) is -0.398. The molecule has 1 aromatic rings. The van der Waals surface area contributed by atoms with Crippen LogP contribution in [0.3, 0.4) is 0 Å². The number of aromatic nitrogens is 1. The SMILES string of the molecule is CCC(CO)(CO)NC(=O)c1ccccn1. The highest BCUT2D eigenvalue weighted by molar-refractivity contribution is 5.92. The van der Waals surface area contributed by atoms with Gasteiger partial charge in [0.1, 0.15) is 5.69 Å². The third kappa shape index (κ3) is 2.77. The zero-order valence-electron chi connectivity index (χ0n) is 9.18. The summed E-state index contributed by atoms with van der Waals surface area (Å²) in [6.07, 6.45) is 1.96. The summed E-state index contributed by atoms with van der Waals surface area (Å²) in [7, 11) is 0. The molecule has 0 bridgehead atoms. The first kappa shape index (κ1) is 12.6. The van der Waals surface area contributed by atoms with Gasteiger partial charge in [0.25, 0.3) is 5.91 Å². The Morgan fingerprint density at radius 3 is 2.56 bits per heavy atom. The Balaban J connectivity index is 2.77. The lowest BCUT2D eigenvalue weighted by atomic mass is 9.98. The lowest BCUT2D eigenvalue weighted by Gasteiger charge is -2.29. The Morgan fingerprint density at radius 2 is 2.12 bits per heavy atom. The number of nitrogens with one attached hydrogen (secondary N) is 1. The van der Waals surface area contributed by atoms with Gasteiger partial charge in [0.15, 0.2) is 0 Å². The lowest BCUT2D eigenvalue weighted by Crippen LogP contribution is -2.53. The molecule has 0 aliphatic heterocycles. The maximum atomic E-state index is 11.7. The number of amides is 1. The van der Waals surface area contributed by atoms with Crippen LogP contribution in [0.1, 0.15) is 23.8 Å². The van der Waals surface area contributed by atoms with E-state index in [1.807, 2.05) is 0 Å². The Bertz CT molecular complexity index is 328. The van der Waals surface area contributed by atoms with Crippen LogP contribution >= 0.6 is 0 Å². The van der Waals surface area contributed by atoms with E-state index >= 15 is 0 Å². The zero-order valence-corrected chi connectivity index (χ0v) is 9.18. The van der Waals surface area contributed by atoms with Crippen LogP contribution in [-0.4, -0.2) is 39.9 Å². The van der Waals surface area contributed by atoms with Gasteiger partial charge in [-0.1, -0.05) is 13.0 Å². The predicted octanol–water partition coefficient (Wildman–Crippen LogP) is -0.0552. The molecule has 1 rings (SSSR count). The molecular weight excluding hydrogens is 208 g/mol. The Morgan fingerprint density at radius 1 is 1.44 bits per heavy atom. The van der Waals surface area contributed by atoms with Crippen molar-refractivity contribution in [2.45, 2.75) is 18.9 Å². The number of aliphatic hydroxyl groups excluding tert-OH is 2. The molecule has 5 heteroatoms. The maximum Gasteiger partial charge on any atom is 0.270 e. The fraction of sp³-hybridized carbons (Fsp3) is 0.455. The highest BCUT2D eigenvalue weighted by Crippen LogP contribution is 2.09. The predicted molar refractivity (Wildman–Crippen MR) is 58.9 cm³/mol. The topological polar surface area (TPSA) is 82.5 Å². The summed E-state index contributed by atoms with van der Waals surface area (Å²) in [6.45, 7) is 1.17. The third-order valence-electron chi connectivity index (χ3n) is 2.56. The minimum atomic E-state index is -0.978. The Labute approximate surface area is 94.1 Å². The van der Waals surface area contributed by atoms with Crippen molar-refractivity contribution in [3.05, 3.63) is 30.1 Å². The van der Waals surface area contributed by atoms with E-state index in [1.54, 1.807) is 25.1 Å². The average molecular weight is 224 g/mol. The van der Waals surface area contributed by atoms with Crippen molar-refractivity contribution in [2.24, 2.45) is 0 Å². The molecule has 1 heterocycles. The van der Waals surface area contributed by atoms with Crippen LogP contribution in [0.25, 0.3) is 0 Å². The molecule has 0 unspecified atom stereocenters. The first-order valence-corrected chi connectivity index (χ1v) is 5.12. The van der Waals surface area contributed by atoms with Crippen molar-refractivity contribution in [2.75, 3.05) is 13.2 Å². The van der Waals surface area contributed by atoms with E-state index in [1.165, 1.54) is 6.20 Å². The molecule has 0 saturated carbocycles. The summed E-state index contributed by atoms with van der Waals surface area (Å²) in [5, 5.41) is 20.9. The quantitative estimate of drug-likeness (QED) is 0.654. The van der Waals surface area contributed by atoms with Crippen LogP contribution in [0.15, 0.2) is 24.4 Å². The molecule has 88 valence electrons. The van der Waals surface area contributed by atoms with Crippen LogP contribution in [0.2, 0.25) is 0 Å². The van der Waals surface area contributed by atoms with Crippen molar-refractivity contribution in [3.8, 4) is 0 Å². The van der Waals surface area contributed by atoms with Crippen LogP contribution in [0.5, 0.6) is 0 Å². The number of hydrogen-bond donors (Lipinski definition) is 3. The van der Waals surface area contributed by atoms with Gasteiger partial charge in [0.2, 0.25) is 0 Å². The standard InChI is InChI=1S/C11H16N2O3/c1-2-11(7-14,8-15)13-10(16)9-5-3-4-6-12-9/h3-6,14-15H,2,7-8H2,1H3,(H,13,16). The molecule has 0 fully saturated rings. The number of nitrogens with zero attached hydrogens (tertiary/aromatic N) is 1. The van der Waals surface area contributed by atoms with E-state index in [2.05, 4.69) is 10.3 Å². The van der Waals surface area contributed by atoms with Gasteiger partial charge in [-0.05, 0) is 18.6 Å². The van der Waals surface area contributed by atoms with Crippen molar-refractivity contribution in [1.82, 2.24) is 10.3 Å². The molecule has 0 aliphatic rings. The van der Waals surface area contributed by atoms with E-state index in [-0.39, 0.29) is 18.9 Å². The first-order chi connectivity index (χ1) is 7.67. The maximum absolute atomic E-state index is 11.7. The van der Waals surface area contributed by atoms with Crippen LogP contribution in [-0.2, 0) is 0 Å². The largest absolute Gasteiger partial charge is 0.394 e. The second-order valence-electron chi connectivity index (χ2n) is 3.62. The molecule has 0 aliphatic carbocycles. The molecule has 1 aromatic heterocycles. The molecule has 1 amide bonds. The number of hydrogen-bond acceptors (Lipinski definition) is 4. The second-order valence-corrected chi connectivity index (χ2v) is 3.62. The van der Waals surface area contributed by atoms with Gasteiger partial charge < -0.3 is 15.5 Å². The molecule has 0 aromatic carbocycles. The van der Waals surface area contributed by atoms with Gasteiger partial charge in [-0.3, -0.25) is 9.78 Å². The number of pyridine rings is 1. The van der Waals surface area contributed by atoms with Crippen molar-refractivity contribution in [3.63, 3.8) is 0 Å². The Kier molecular flexibility index (Phi) is 4.39. The van der Waals surface area contributed by atoms with Gasteiger partial charge >= 0.3 is 0 Å². The summed E-state index contributed by atoms with van der Waals surface area (Å²) in [6, 6.07) is 4.99. The highest BCUT2D eigenvalue weighted by Gasteiger charge is 2.29. The van der Waals surface area contributed by atoms with Crippen molar-refractivity contribution < 1.29 is 15.0 Å². The van der Waals surface area contributed by atoms with Crippen molar-refractivity contribution in [1.29, 1.82) is 0 Å². The molecule has 0 saturated heterocycles. The van der Waals surface area contributed by atoms with Crippen LogP contribution in [0.4, 0.5) is 0 Å². The number of carbonyl (C=O) groups is 1. The summed E-state index contributed by atoms with van der Waals surface area (Å²) < 4.78 is 0. The minimum absolute atomic E-state index is 0.266. The smallest absolute Gasteiger partial charge is 0.270 e. The lowest BCUT2D eigenvalue weighted by molar-refractivity contribution is 0.0649.